The summed E-state index contributed by atoms with van der Waals surface area (Å²) in [5.41, 5.74) is 1.74. The Labute approximate surface area is 160 Å². The zero-order valence-electron chi connectivity index (χ0n) is 16.0. The van der Waals surface area contributed by atoms with E-state index in [0.717, 1.165) is 37.4 Å². The number of hydrogen-bond acceptors (Lipinski definition) is 5. The topological polar surface area (TPSA) is 81.8 Å². The molecule has 1 aromatic carbocycles. The van der Waals surface area contributed by atoms with Gasteiger partial charge in [-0.25, -0.2) is 0 Å². The summed E-state index contributed by atoms with van der Waals surface area (Å²) in [6.45, 7) is 8.00. The number of anilines is 1. The number of nitrogens with zero attached hydrogens (tertiary/aromatic N) is 2. The van der Waals surface area contributed by atoms with Gasteiger partial charge in [-0.05, 0) is 38.0 Å². The SMILES string of the molecule is CC(C)N1CCN(C(=O)CNc2ccc(C3CCC(=O)NC3=O)cc2)CC1. The molecule has 0 bridgehead atoms. The van der Waals surface area contributed by atoms with E-state index in [-0.39, 0.29) is 30.2 Å². The van der Waals surface area contributed by atoms with Crippen LogP contribution in [0.1, 0.15) is 38.2 Å². The molecule has 2 fully saturated rings. The van der Waals surface area contributed by atoms with Crippen LogP contribution in [0, 0.1) is 0 Å². The standard InChI is InChI=1S/C20H28N4O3/c1-14(2)23-9-11-24(12-10-23)19(26)13-21-16-5-3-15(4-6-16)17-7-8-18(25)22-20(17)27/h3-6,14,17,21H,7-13H2,1-2H3,(H,22,25,27). The first-order valence-corrected chi connectivity index (χ1v) is 9.63. The predicted octanol–water partition coefficient (Wildman–Crippen LogP) is 1.17. The lowest BCUT2D eigenvalue weighted by Gasteiger charge is -2.37. The number of amides is 3. The van der Waals surface area contributed by atoms with Gasteiger partial charge in [0, 0.05) is 44.3 Å². The van der Waals surface area contributed by atoms with E-state index >= 15 is 0 Å². The maximum absolute atomic E-state index is 12.4. The van der Waals surface area contributed by atoms with Gasteiger partial charge in [0.1, 0.15) is 0 Å². The predicted molar refractivity (Wildman–Crippen MR) is 103 cm³/mol. The minimum Gasteiger partial charge on any atom is -0.376 e. The second kappa shape index (κ2) is 8.52. The van der Waals surface area contributed by atoms with E-state index in [0.29, 0.717) is 18.9 Å². The highest BCUT2D eigenvalue weighted by molar-refractivity contribution is 6.00. The van der Waals surface area contributed by atoms with Gasteiger partial charge >= 0.3 is 0 Å². The minimum atomic E-state index is -0.282. The molecule has 0 spiro atoms. The Bertz CT molecular complexity index is 694. The molecule has 3 amide bonds. The normalized spacial score (nSPS) is 21.3. The molecule has 1 atom stereocenters. The highest BCUT2D eigenvalue weighted by atomic mass is 16.2. The molecule has 1 aromatic rings. The molecule has 7 nitrogen and oxygen atoms in total. The third-order valence-electron chi connectivity index (χ3n) is 5.39. The van der Waals surface area contributed by atoms with Crippen molar-refractivity contribution in [2.45, 2.75) is 38.6 Å². The van der Waals surface area contributed by atoms with Crippen LogP contribution in [0.3, 0.4) is 0 Å². The van der Waals surface area contributed by atoms with Crippen molar-refractivity contribution in [1.29, 1.82) is 0 Å². The summed E-state index contributed by atoms with van der Waals surface area (Å²) in [7, 11) is 0. The number of piperazine rings is 1. The van der Waals surface area contributed by atoms with Crippen molar-refractivity contribution < 1.29 is 14.4 Å². The molecule has 1 unspecified atom stereocenters. The molecule has 7 heteroatoms. The van der Waals surface area contributed by atoms with E-state index in [2.05, 4.69) is 29.4 Å². The highest BCUT2D eigenvalue weighted by Gasteiger charge is 2.27. The van der Waals surface area contributed by atoms with Gasteiger partial charge < -0.3 is 10.2 Å². The Morgan fingerprint density at radius 3 is 2.41 bits per heavy atom. The summed E-state index contributed by atoms with van der Waals surface area (Å²) < 4.78 is 0. The van der Waals surface area contributed by atoms with Gasteiger partial charge in [0.25, 0.3) is 0 Å². The third-order valence-corrected chi connectivity index (χ3v) is 5.39. The Morgan fingerprint density at radius 2 is 1.81 bits per heavy atom. The summed E-state index contributed by atoms with van der Waals surface area (Å²) in [5, 5.41) is 5.55. The molecule has 3 rings (SSSR count). The molecule has 0 aliphatic carbocycles. The van der Waals surface area contributed by atoms with Gasteiger partial charge in [0.15, 0.2) is 0 Å². The zero-order chi connectivity index (χ0) is 19.4. The van der Waals surface area contributed by atoms with Crippen LogP contribution < -0.4 is 10.6 Å². The lowest BCUT2D eigenvalue weighted by Crippen LogP contribution is -2.51. The summed E-state index contributed by atoms with van der Waals surface area (Å²) in [6, 6.07) is 8.04. The molecule has 2 N–H and O–H groups in total. The van der Waals surface area contributed by atoms with E-state index in [1.54, 1.807) is 0 Å². The Morgan fingerprint density at radius 1 is 1.15 bits per heavy atom. The molecule has 2 saturated heterocycles. The summed E-state index contributed by atoms with van der Waals surface area (Å²) >= 11 is 0. The highest BCUT2D eigenvalue weighted by Crippen LogP contribution is 2.25. The van der Waals surface area contributed by atoms with Crippen LogP contribution in [-0.4, -0.2) is 66.3 Å². The molecule has 2 aliphatic heterocycles. The van der Waals surface area contributed by atoms with Crippen LogP contribution in [0.4, 0.5) is 5.69 Å². The number of imide groups is 1. The van der Waals surface area contributed by atoms with Crippen LogP contribution in [-0.2, 0) is 14.4 Å². The summed E-state index contributed by atoms with van der Waals surface area (Å²) in [5.74, 6) is -0.617. The van der Waals surface area contributed by atoms with Crippen LogP contribution in [0.5, 0.6) is 0 Å². The molecule has 2 heterocycles. The maximum Gasteiger partial charge on any atom is 0.241 e. The van der Waals surface area contributed by atoms with Gasteiger partial charge in [-0.1, -0.05) is 12.1 Å². The molecular formula is C20H28N4O3. The van der Waals surface area contributed by atoms with Gasteiger partial charge in [-0.2, -0.15) is 0 Å². The molecule has 0 aromatic heterocycles. The fraction of sp³-hybridized carbons (Fsp3) is 0.550. The van der Waals surface area contributed by atoms with Crippen molar-refractivity contribution in [3.8, 4) is 0 Å². The van der Waals surface area contributed by atoms with Gasteiger partial charge in [0.2, 0.25) is 17.7 Å². The molecule has 0 saturated carbocycles. The Balaban J connectivity index is 1.48. The van der Waals surface area contributed by atoms with Crippen LogP contribution in [0.25, 0.3) is 0 Å². The Hall–Kier alpha value is -2.41. The maximum atomic E-state index is 12.4. The monoisotopic (exact) mass is 372 g/mol. The molecular weight excluding hydrogens is 344 g/mol. The zero-order valence-corrected chi connectivity index (χ0v) is 16.0. The average Bonchev–Trinajstić information content (AvgIpc) is 2.67. The lowest BCUT2D eigenvalue weighted by molar-refractivity contribution is -0.134. The molecule has 0 radical (unpaired) electrons. The van der Waals surface area contributed by atoms with Crippen molar-refractivity contribution in [3.63, 3.8) is 0 Å². The fourth-order valence-corrected chi connectivity index (χ4v) is 3.62. The van der Waals surface area contributed by atoms with E-state index < -0.39 is 0 Å². The molecule has 27 heavy (non-hydrogen) atoms. The van der Waals surface area contributed by atoms with Gasteiger partial charge in [0.05, 0.1) is 12.5 Å². The van der Waals surface area contributed by atoms with E-state index in [1.165, 1.54) is 0 Å². The van der Waals surface area contributed by atoms with Crippen molar-refractivity contribution in [2.24, 2.45) is 0 Å². The number of carbonyl (C=O) groups is 3. The first-order valence-electron chi connectivity index (χ1n) is 9.63. The number of benzene rings is 1. The van der Waals surface area contributed by atoms with E-state index in [4.69, 9.17) is 0 Å². The summed E-state index contributed by atoms with van der Waals surface area (Å²) in [6.07, 6.45) is 0.910. The average molecular weight is 372 g/mol. The van der Waals surface area contributed by atoms with E-state index in [9.17, 15) is 14.4 Å². The largest absolute Gasteiger partial charge is 0.376 e. The number of nitrogens with one attached hydrogen (secondary N) is 2. The van der Waals surface area contributed by atoms with Crippen molar-refractivity contribution in [3.05, 3.63) is 29.8 Å². The van der Waals surface area contributed by atoms with Crippen LogP contribution in [0.15, 0.2) is 24.3 Å². The van der Waals surface area contributed by atoms with Crippen molar-refractivity contribution >= 4 is 23.4 Å². The van der Waals surface area contributed by atoms with Gasteiger partial charge in [-0.3, -0.25) is 24.6 Å². The van der Waals surface area contributed by atoms with Crippen molar-refractivity contribution in [2.75, 3.05) is 38.0 Å². The smallest absolute Gasteiger partial charge is 0.241 e. The van der Waals surface area contributed by atoms with E-state index in [1.807, 2.05) is 29.2 Å². The Kier molecular flexibility index (Phi) is 6.11. The minimum absolute atomic E-state index is 0.104. The quantitative estimate of drug-likeness (QED) is 0.759. The second-order valence-electron chi connectivity index (χ2n) is 7.49. The van der Waals surface area contributed by atoms with Crippen LogP contribution in [0.2, 0.25) is 0 Å². The lowest BCUT2D eigenvalue weighted by atomic mass is 9.90. The number of hydrogen-bond donors (Lipinski definition) is 2. The molecule has 146 valence electrons. The first kappa shape index (κ1) is 19.4. The fourth-order valence-electron chi connectivity index (χ4n) is 3.62. The number of rotatable bonds is 5. The number of carbonyl (C=O) groups excluding carboxylic acids is 3. The summed E-state index contributed by atoms with van der Waals surface area (Å²) in [4.78, 5) is 39.9. The van der Waals surface area contributed by atoms with Gasteiger partial charge in [-0.15, -0.1) is 0 Å². The number of piperidine rings is 1. The van der Waals surface area contributed by atoms with Crippen LogP contribution >= 0.6 is 0 Å². The first-order chi connectivity index (χ1) is 12.9. The van der Waals surface area contributed by atoms with Crippen molar-refractivity contribution in [1.82, 2.24) is 15.1 Å². The third kappa shape index (κ3) is 4.86. The second-order valence-corrected chi connectivity index (χ2v) is 7.49. The molecule has 2 aliphatic rings.